The Morgan fingerprint density at radius 3 is 2.56 bits per heavy atom. The van der Waals surface area contributed by atoms with E-state index in [4.69, 9.17) is 0 Å². The molecule has 4 nitrogen and oxygen atoms in total. The van der Waals surface area contributed by atoms with Crippen molar-refractivity contribution in [2.45, 2.75) is 38.6 Å². The molecule has 132 valence electrons. The highest BCUT2D eigenvalue weighted by atomic mass is 19.1. The summed E-state index contributed by atoms with van der Waals surface area (Å²) in [6.45, 7) is 5.55. The van der Waals surface area contributed by atoms with Crippen LogP contribution in [0.25, 0.3) is 0 Å². The normalized spacial score (nSPS) is 16.7. The number of carbonyl (C=O) groups excluding carboxylic acids is 1. The zero-order valence-electron chi connectivity index (χ0n) is 14.9. The van der Waals surface area contributed by atoms with Crippen molar-refractivity contribution in [1.82, 2.24) is 0 Å². The van der Waals surface area contributed by atoms with Gasteiger partial charge in [0.05, 0.1) is 22.8 Å². The summed E-state index contributed by atoms with van der Waals surface area (Å²) in [6.07, 6.45) is 0.552. The van der Waals surface area contributed by atoms with Crippen LogP contribution in [-0.2, 0) is 10.2 Å². The Bertz CT molecular complexity index is 832. The highest BCUT2D eigenvalue weighted by molar-refractivity contribution is 6.08. The maximum atomic E-state index is 14.6. The molecule has 0 unspecified atom stereocenters. The summed E-state index contributed by atoms with van der Waals surface area (Å²) in [4.78, 5) is 14.7. The molecule has 1 aliphatic heterocycles. The number of fused-ring (bicyclic) bond motifs is 1. The molecule has 1 atom stereocenters. The van der Waals surface area contributed by atoms with Crippen molar-refractivity contribution < 1.29 is 14.3 Å². The van der Waals surface area contributed by atoms with Crippen LogP contribution in [0.4, 0.5) is 15.8 Å². The largest absolute Gasteiger partial charge is 0.505 e. The highest BCUT2D eigenvalue weighted by Crippen LogP contribution is 2.49. The minimum Gasteiger partial charge on any atom is -0.505 e. The van der Waals surface area contributed by atoms with Crippen LogP contribution in [0.5, 0.6) is 5.75 Å². The van der Waals surface area contributed by atoms with Gasteiger partial charge < -0.3 is 15.3 Å². The first kappa shape index (κ1) is 17.3. The number of aromatic hydroxyl groups is 1. The van der Waals surface area contributed by atoms with Gasteiger partial charge in [0.2, 0.25) is 5.91 Å². The first-order valence-corrected chi connectivity index (χ1v) is 8.46. The lowest BCUT2D eigenvalue weighted by molar-refractivity contribution is -0.122. The third-order valence-corrected chi connectivity index (χ3v) is 5.05. The van der Waals surface area contributed by atoms with E-state index in [0.29, 0.717) is 28.9 Å². The molecule has 2 aromatic carbocycles. The van der Waals surface area contributed by atoms with E-state index in [1.807, 2.05) is 26.8 Å². The van der Waals surface area contributed by atoms with E-state index in [1.54, 1.807) is 31.3 Å². The topological polar surface area (TPSA) is 52.6 Å². The molecule has 0 aliphatic carbocycles. The van der Waals surface area contributed by atoms with E-state index in [9.17, 15) is 14.3 Å². The standard InChI is InChI=1S/C20H23FN2O2/c1-5-16(12-8-6-11-15(22-4)18(12)24)23-17-13(9-7-10-14(17)21)20(2,3)19(23)25/h6-11,16,22,24H,5H2,1-4H3/t16-/m0/s1. The van der Waals surface area contributed by atoms with E-state index in [2.05, 4.69) is 5.32 Å². The quantitative estimate of drug-likeness (QED) is 0.812. The van der Waals surface area contributed by atoms with Crippen LogP contribution in [0, 0.1) is 5.82 Å². The maximum Gasteiger partial charge on any atom is 0.237 e. The van der Waals surface area contributed by atoms with E-state index in [1.165, 1.54) is 11.0 Å². The predicted octanol–water partition coefficient (Wildman–Crippen LogP) is 4.35. The molecule has 5 heteroatoms. The van der Waals surface area contributed by atoms with Crippen molar-refractivity contribution in [1.29, 1.82) is 0 Å². The first-order chi connectivity index (χ1) is 11.8. The average Bonchev–Trinajstić information content (AvgIpc) is 2.79. The number of hydrogen-bond acceptors (Lipinski definition) is 3. The summed E-state index contributed by atoms with van der Waals surface area (Å²) < 4.78 is 14.6. The molecule has 0 aromatic heterocycles. The Labute approximate surface area is 147 Å². The fraction of sp³-hybridized carbons (Fsp3) is 0.350. The van der Waals surface area contributed by atoms with Gasteiger partial charge in [0.1, 0.15) is 11.6 Å². The molecule has 2 N–H and O–H groups in total. The van der Waals surface area contributed by atoms with Crippen molar-refractivity contribution in [3.05, 3.63) is 53.3 Å². The second-order valence-electron chi connectivity index (χ2n) is 6.85. The Kier molecular flexibility index (Phi) is 4.19. The highest BCUT2D eigenvalue weighted by Gasteiger charge is 2.48. The van der Waals surface area contributed by atoms with Crippen LogP contribution < -0.4 is 10.2 Å². The number of para-hydroxylation sites is 2. The number of nitrogens with one attached hydrogen (secondary N) is 1. The summed E-state index contributed by atoms with van der Waals surface area (Å²) in [5, 5.41) is 13.5. The van der Waals surface area contributed by atoms with Gasteiger partial charge in [-0.3, -0.25) is 4.79 Å². The third kappa shape index (κ3) is 2.46. The smallest absolute Gasteiger partial charge is 0.237 e. The van der Waals surface area contributed by atoms with Crippen molar-refractivity contribution in [3.63, 3.8) is 0 Å². The monoisotopic (exact) mass is 342 g/mol. The Morgan fingerprint density at radius 1 is 1.24 bits per heavy atom. The number of nitrogens with zero attached hydrogens (tertiary/aromatic N) is 1. The molecule has 0 saturated heterocycles. The second kappa shape index (κ2) is 6.06. The molecule has 0 fully saturated rings. The lowest BCUT2D eigenvalue weighted by atomic mass is 9.86. The van der Waals surface area contributed by atoms with Gasteiger partial charge in [0.15, 0.2) is 0 Å². The SMILES string of the molecule is CC[C@@H](c1cccc(NC)c1O)N1C(=O)C(C)(C)c2cccc(F)c21. The van der Waals surface area contributed by atoms with Crippen molar-refractivity contribution in [3.8, 4) is 5.75 Å². The minimum atomic E-state index is -0.804. The summed E-state index contributed by atoms with van der Waals surface area (Å²) in [7, 11) is 1.72. The van der Waals surface area contributed by atoms with Crippen molar-refractivity contribution in [2.24, 2.45) is 0 Å². The molecule has 25 heavy (non-hydrogen) atoms. The van der Waals surface area contributed by atoms with Crippen LogP contribution in [0.1, 0.15) is 44.4 Å². The number of halogens is 1. The van der Waals surface area contributed by atoms with E-state index < -0.39 is 17.3 Å². The minimum absolute atomic E-state index is 0.0900. The molecule has 1 aliphatic rings. The molecule has 3 rings (SSSR count). The van der Waals surface area contributed by atoms with Gasteiger partial charge in [-0.1, -0.05) is 31.2 Å². The molecule has 1 heterocycles. The van der Waals surface area contributed by atoms with Gasteiger partial charge in [0, 0.05) is 12.6 Å². The molecule has 1 amide bonds. The van der Waals surface area contributed by atoms with Crippen LogP contribution in [0.2, 0.25) is 0 Å². The molecule has 0 bridgehead atoms. The van der Waals surface area contributed by atoms with Gasteiger partial charge >= 0.3 is 0 Å². The average molecular weight is 342 g/mol. The Balaban J connectivity index is 2.20. The maximum absolute atomic E-state index is 14.6. The second-order valence-corrected chi connectivity index (χ2v) is 6.85. The lowest BCUT2D eigenvalue weighted by Gasteiger charge is -2.30. The summed E-state index contributed by atoms with van der Waals surface area (Å²) in [5.41, 5.74) is 1.38. The Hall–Kier alpha value is -2.56. The number of phenols is 1. The van der Waals surface area contributed by atoms with Gasteiger partial charge in [-0.05, 0) is 38.0 Å². The zero-order valence-corrected chi connectivity index (χ0v) is 14.9. The number of anilines is 2. The first-order valence-electron chi connectivity index (χ1n) is 8.46. The molecule has 2 aromatic rings. The lowest BCUT2D eigenvalue weighted by Crippen LogP contribution is -2.38. The number of amides is 1. The third-order valence-electron chi connectivity index (χ3n) is 5.05. The molecular formula is C20H23FN2O2. The number of benzene rings is 2. The van der Waals surface area contributed by atoms with Crippen LogP contribution >= 0.6 is 0 Å². The van der Waals surface area contributed by atoms with Gasteiger partial charge in [-0.25, -0.2) is 4.39 Å². The fourth-order valence-corrected chi connectivity index (χ4v) is 3.65. The summed E-state index contributed by atoms with van der Waals surface area (Å²) >= 11 is 0. The number of rotatable bonds is 4. The van der Waals surface area contributed by atoms with Crippen LogP contribution in [0.15, 0.2) is 36.4 Å². The Morgan fingerprint density at radius 2 is 1.92 bits per heavy atom. The van der Waals surface area contributed by atoms with E-state index in [0.717, 1.165) is 0 Å². The molecular weight excluding hydrogens is 319 g/mol. The number of hydrogen-bond donors (Lipinski definition) is 2. The van der Waals surface area contributed by atoms with Gasteiger partial charge in [-0.15, -0.1) is 0 Å². The number of phenolic OH excluding ortho intramolecular Hbond substituents is 1. The summed E-state index contributed by atoms with van der Waals surface area (Å²) in [6, 6.07) is 9.71. The predicted molar refractivity (Wildman–Crippen MR) is 97.6 cm³/mol. The molecule has 0 spiro atoms. The zero-order chi connectivity index (χ0) is 18.4. The fourth-order valence-electron chi connectivity index (χ4n) is 3.65. The van der Waals surface area contributed by atoms with Crippen molar-refractivity contribution in [2.75, 3.05) is 17.3 Å². The van der Waals surface area contributed by atoms with Gasteiger partial charge in [-0.2, -0.15) is 0 Å². The summed E-state index contributed by atoms with van der Waals surface area (Å²) in [5.74, 6) is -0.486. The van der Waals surface area contributed by atoms with Crippen molar-refractivity contribution >= 4 is 17.3 Å². The molecule has 0 radical (unpaired) electrons. The van der Waals surface area contributed by atoms with Gasteiger partial charge in [0.25, 0.3) is 0 Å². The van der Waals surface area contributed by atoms with E-state index >= 15 is 0 Å². The van der Waals surface area contributed by atoms with Crippen LogP contribution in [-0.4, -0.2) is 18.1 Å². The number of carbonyl (C=O) groups is 1. The molecule has 0 saturated carbocycles. The van der Waals surface area contributed by atoms with E-state index in [-0.39, 0.29) is 11.7 Å². The van der Waals surface area contributed by atoms with Crippen LogP contribution in [0.3, 0.4) is 0 Å².